The van der Waals surface area contributed by atoms with E-state index in [0.717, 1.165) is 16.9 Å². The second-order valence-electron chi connectivity index (χ2n) is 6.24. The molecule has 138 valence electrons. The lowest BCUT2D eigenvalue weighted by molar-refractivity contribution is -0.116. The predicted molar refractivity (Wildman–Crippen MR) is 103 cm³/mol. The first-order chi connectivity index (χ1) is 13.1. The molecule has 4 rings (SSSR count). The molecule has 27 heavy (non-hydrogen) atoms. The highest BCUT2D eigenvalue weighted by atomic mass is 35.5. The van der Waals surface area contributed by atoms with Gasteiger partial charge in [-0.3, -0.25) is 9.36 Å². The van der Waals surface area contributed by atoms with E-state index >= 15 is 0 Å². The lowest BCUT2D eigenvalue weighted by Gasteiger charge is -2.25. The van der Waals surface area contributed by atoms with Gasteiger partial charge < -0.3 is 14.8 Å². The topological polar surface area (TPSA) is 65.4 Å². The van der Waals surface area contributed by atoms with Crippen molar-refractivity contribution in [1.82, 2.24) is 9.55 Å². The van der Waals surface area contributed by atoms with Crippen molar-refractivity contribution >= 4 is 23.3 Å². The van der Waals surface area contributed by atoms with Crippen LogP contribution in [0.4, 0.5) is 5.82 Å². The number of amides is 1. The maximum atomic E-state index is 12.4. The fourth-order valence-electron chi connectivity index (χ4n) is 3.39. The maximum absolute atomic E-state index is 12.4. The van der Waals surface area contributed by atoms with Gasteiger partial charge in [0.15, 0.2) is 0 Å². The predicted octanol–water partition coefficient (Wildman–Crippen LogP) is 4.02. The summed E-state index contributed by atoms with van der Waals surface area (Å²) in [6, 6.07) is 13.0. The van der Waals surface area contributed by atoms with Crippen LogP contribution in [0.15, 0.2) is 48.8 Å². The molecule has 1 atom stereocenters. The zero-order valence-electron chi connectivity index (χ0n) is 14.9. The number of anilines is 1. The highest BCUT2D eigenvalue weighted by Crippen LogP contribution is 2.41. The summed E-state index contributed by atoms with van der Waals surface area (Å²) in [4.78, 5) is 17.0. The van der Waals surface area contributed by atoms with Gasteiger partial charge in [-0.2, -0.15) is 0 Å². The van der Waals surface area contributed by atoms with Crippen molar-refractivity contribution in [3.05, 3.63) is 65.1 Å². The van der Waals surface area contributed by atoms with Gasteiger partial charge in [-0.15, -0.1) is 0 Å². The highest BCUT2D eigenvalue weighted by Gasteiger charge is 2.32. The van der Waals surface area contributed by atoms with Crippen molar-refractivity contribution in [2.75, 3.05) is 19.5 Å². The summed E-state index contributed by atoms with van der Waals surface area (Å²) in [7, 11) is 3.21. The number of aromatic nitrogens is 2. The molecular weight excluding hydrogens is 366 g/mol. The SMILES string of the molecule is COc1ccc([C@H]2CC(=O)Nc3c2ncn3-c2cccc(Cl)c2)c(OC)c1. The number of ether oxygens (including phenoxy) is 2. The fourth-order valence-corrected chi connectivity index (χ4v) is 3.58. The van der Waals surface area contributed by atoms with E-state index in [9.17, 15) is 4.79 Å². The van der Waals surface area contributed by atoms with Crippen molar-refractivity contribution < 1.29 is 14.3 Å². The first-order valence-corrected chi connectivity index (χ1v) is 8.83. The van der Waals surface area contributed by atoms with E-state index in [1.807, 2.05) is 41.0 Å². The zero-order valence-corrected chi connectivity index (χ0v) is 15.7. The third-order valence-electron chi connectivity index (χ3n) is 4.68. The van der Waals surface area contributed by atoms with Gasteiger partial charge in [0.2, 0.25) is 5.91 Å². The molecule has 0 unspecified atom stereocenters. The van der Waals surface area contributed by atoms with Crippen LogP contribution in [-0.2, 0) is 4.79 Å². The summed E-state index contributed by atoms with van der Waals surface area (Å²) in [5.41, 5.74) is 2.52. The van der Waals surface area contributed by atoms with E-state index < -0.39 is 0 Å². The molecule has 1 N–H and O–H groups in total. The Labute approximate surface area is 161 Å². The van der Waals surface area contributed by atoms with Crippen LogP contribution in [0.25, 0.3) is 5.69 Å². The van der Waals surface area contributed by atoms with Crippen LogP contribution in [0, 0.1) is 0 Å². The minimum Gasteiger partial charge on any atom is -0.497 e. The van der Waals surface area contributed by atoms with Gasteiger partial charge in [-0.05, 0) is 24.3 Å². The van der Waals surface area contributed by atoms with Gasteiger partial charge >= 0.3 is 0 Å². The number of methoxy groups -OCH3 is 2. The smallest absolute Gasteiger partial charge is 0.226 e. The van der Waals surface area contributed by atoms with Gasteiger partial charge in [-0.1, -0.05) is 23.7 Å². The second-order valence-corrected chi connectivity index (χ2v) is 6.68. The van der Waals surface area contributed by atoms with Crippen LogP contribution in [0.1, 0.15) is 23.6 Å². The number of benzene rings is 2. The Morgan fingerprint density at radius 1 is 1.19 bits per heavy atom. The fraction of sp³-hybridized carbons (Fsp3) is 0.200. The van der Waals surface area contributed by atoms with E-state index in [2.05, 4.69) is 10.3 Å². The number of nitrogens with one attached hydrogen (secondary N) is 1. The maximum Gasteiger partial charge on any atom is 0.226 e. The van der Waals surface area contributed by atoms with Crippen molar-refractivity contribution in [2.24, 2.45) is 0 Å². The number of carbonyl (C=O) groups is 1. The van der Waals surface area contributed by atoms with Gasteiger partial charge in [0.05, 0.1) is 19.9 Å². The molecule has 0 fully saturated rings. The van der Waals surface area contributed by atoms with Crippen molar-refractivity contribution in [1.29, 1.82) is 0 Å². The Bertz CT molecular complexity index is 1020. The van der Waals surface area contributed by atoms with Gasteiger partial charge in [0.1, 0.15) is 23.6 Å². The zero-order chi connectivity index (χ0) is 19.0. The Kier molecular flexibility index (Phi) is 4.49. The number of imidazole rings is 1. The Hall–Kier alpha value is -2.99. The van der Waals surface area contributed by atoms with Gasteiger partial charge in [-0.25, -0.2) is 4.98 Å². The molecule has 2 heterocycles. The van der Waals surface area contributed by atoms with Crippen LogP contribution in [-0.4, -0.2) is 29.7 Å². The minimum absolute atomic E-state index is 0.0749. The monoisotopic (exact) mass is 383 g/mol. The molecule has 0 bridgehead atoms. The molecule has 0 aliphatic carbocycles. The van der Waals surface area contributed by atoms with E-state index in [1.54, 1.807) is 26.6 Å². The molecule has 0 spiro atoms. The number of fused-ring (bicyclic) bond motifs is 1. The van der Waals surface area contributed by atoms with Crippen LogP contribution in [0.2, 0.25) is 5.02 Å². The standard InChI is InChI=1S/C20H18ClN3O3/c1-26-14-6-7-15(17(9-14)27-2)16-10-18(25)23-20-19(16)22-11-24(20)13-5-3-4-12(21)8-13/h3-9,11,16H,10H2,1-2H3,(H,23,25)/t16-/m1/s1. The van der Waals surface area contributed by atoms with E-state index in [0.29, 0.717) is 28.8 Å². The van der Waals surface area contributed by atoms with E-state index in [-0.39, 0.29) is 11.8 Å². The molecule has 0 saturated carbocycles. The number of halogens is 1. The number of carbonyl (C=O) groups excluding carboxylic acids is 1. The van der Waals surface area contributed by atoms with Gasteiger partial charge in [0.25, 0.3) is 0 Å². The van der Waals surface area contributed by atoms with Crippen molar-refractivity contribution in [2.45, 2.75) is 12.3 Å². The number of hydrogen-bond donors (Lipinski definition) is 1. The molecule has 1 aliphatic heterocycles. The van der Waals surface area contributed by atoms with Crippen LogP contribution >= 0.6 is 11.6 Å². The molecule has 1 aliphatic rings. The van der Waals surface area contributed by atoms with Crippen LogP contribution in [0.3, 0.4) is 0 Å². The normalized spacial score (nSPS) is 15.8. The Balaban J connectivity index is 1.82. The molecule has 0 radical (unpaired) electrons. The summed E-state index contributed by atoms with van der Waals surface area (Å²) in [5.74, 6) is 1.72. The number of hydrogen-bond acceptors (Lipinski definition) is 4. The third-order valence-corrected chi connectivity index (χ3v) is 4.91. The highest BCUT2D eigenvalue weighted by molar-refractivity contribution is 6.30. The second kappa shape index (κ2) is 6.96. The quantitative estimate of drug-likeness (QED) is 0.739. The molecule has 6 nitrogen and oxygen atoms in total. The van der Waals surface area contributed by atoms with Gasteiger partial charge in [0, 0.05) is 34.7 Å². The summed E-state index contributed by atoms with van der Waals surface area (Å²) in [5, 5.41) is 3.56. The van der Waals surface area contributed by atoms with Crippen molar-refractivity contribution in [3.8, 4) is 17.2 Å². The molecule has 2 aromatic carbocycles. The largest absolute Gasteiger partial charge is 0.497 e. The Morgan fingerprint density at radius 2 is 2.04 bits per heavy atom. The third kappa shape index (κ3) is 3.13. The minimum atomic E-state index is -0.213. The molecule has 0 saturated heterocycles. The summed E-state index contributed by atoms with van der Waals surface area (Å²) in [6.07, 6.45) is 1.99. The molecular formula is C20H18ClN3O3. The summed E-state index contributed by atoms with van der Waals surface area (Å²) in [6.45, 7) is 0. The first kappa shape index (κ1) is 17.4. The lowest BCUT2D eigenvalue weighted by Crippen LogP contribution is -2.25. The lowest BCUT2D eigenvalue weighted by atomic mass is 9.89. The molecule has 1 aromatic heterocycles. The number of rotatable bonds is 4. The van der Waals surface area contributed by atoms with Crippen LogP contribution in [0.5, 0.6) is 11.5 Å². The summed E-state index contributed by atoms with van der Waals surface area (Å²) >= 11 is 6.12. The Morgan fingerprint density at radius 3 is 2.78 bits per heavy atom. The van der Waals surface area contributed by atoms with Crippen LogP contribution < -0.4 is 14.8 Å². The van der Waals surface area contributed by atoms with E-state index in [1.165, 1.54) is 0 Å². The average Bonchev–Trinajstić information content (AvgIpc) is 3.10. The average molecular weight is 384 g/mol. The van der Waals surface area contributed by atoms with Crippen molar-refractivity contribution in [3.63, 3.8) is 0 Å². The summed E-state index contributed by atoms with van der Waals surface area (Å²) < 4.78 is 12.6. The molecule has 3 aromatic rings. The molecule has 1 amide bonds. The number of nitrogens with zero attached hydrogens (tertiary/aromatic N) is 2. The van der Waals surface area contributed by atoms with E-state index in [4.69, 9.17) is 21.1 Å². The molecule has 7 heteroatoms. The first-order valence-electron chi connectivity index (χ1n) is 8.45.